The Morgan fingerprint density at radius 3 is 2.48 bits per heavy atom. The number of rotatable bonds is 4. The number of ether oxygens (including phenoxy) is 1. The fraction of sp³-hybridized carbons (Fsp3) is 0.0625. The Balaban J connectivity index is 1.67. The zero-order chi connectivity index (χ0) is 14.7. The lowest BCUT2D eigenvalue weighted by Gasteiger charge is -2.02. The second kappa shape index (κ2) is 5.66. The number of halogens is 1. The number of benzene rings is 2. The summed E-state index contributed by atoms with van der Waals surface area (Å²) in [6.45, 7) is 0.205. The number of hydrogen-bond donors (Lipinski definition) is 1. The SMILES string of the molecule is Oc1ccc(-c2cc(COc3ccc(F)cc3)on2)cc1. The first-order chi connectivity index (χ1) is 10.2. The summed E-state index contributed by atoms with van der Waals surface area (Å²) in [4.78, 5) is 0. The average Bonchev–Trinajstić information content (AvgIpc) is 2.96. The van der Waals surface area contributed by atoms with Crippen LogP contribution in [0.2, 0.25) is 0 Å². The first-order valence-electron chi connectivity index (χ1n) is 6.34. The molecule has 0 saturated heterocycles. The van der Waals surface area contributed by atoms with E-state index < -0.39 is 0 Å². The molecule has 0 spiro atoms. The van der Waals surface area contributed by atoms with Gasteiger partial charge in [-0.2, -0.15) is 0 Å². The average molecular weight is 285 g/mol. The molecule has 0 amide bonds. The fourth-order valence-corrected chi connectivity index (χ4v) is 1.83. The van der Waals surface area contributed by atoms with Crippen LogP contribution in [0.15, 0.2) is 59.1 Å². The Labute approximate surface area is 120 Å². The van der Waals surface area contributed by atoms with E-state index in [-0.39, 0.29) is 18.2 Å². The molecule has 1 heterocycles. The van der Waals surface area contributed by atoms with Crippen LogP contribution in [0, 0.1) is 5.82 Å². The Kier molecular flexibility index (Phi) is 3.55. The third kappa shape index (κ3) is 3.20. The summed E-state index contributed by atoms with van der Waals surface area (Å²) in [5.41, 5.74) is 1.50. The predicted molar refractivity (Wildman–Crippen MR) is 74.3 cm³/mol. The molecule has 21 heavy (non-hydrogen) atoms. The largest absolute Gasteiger partial charge is 0.508 e. The van der Waals surface area contributed by atoms with E-state index in [0.717, 1.165) is 5.56 Å². The van der Waals surface area contributed by atoms with Gasteiger partial charge in [-0.3, -0.25) is 0 Å². The fourth-order valence-electron chi connectivity index (χ4n) is 1.83. The maximum atomic E-state index is 12.8. The molecule has 1 aromatic heterocycles. The van der Waals surface area contributed by atoms with Crippen LogP contribution in [0.3, 0.4) is 0 Å². The van der Waals surface area contributed by atoms with Crippen LogP contribution in [0.1, 0.15) is 5.76 Å². The zero-order valence-corrected chi connectivity index (χ0v) is 11.0. The van der Waals surface area contributed by atoms with Crippen LogP contribution in [0.4, 0.5) is 4.39 Å². The van der Waals surface area contributed by atoms with Crippen molar-refractivity contribution in [3.05, 3.63) is 66.2 Å². The molecule has 3 rings (SSSR count). The second-order valence-corrected chi connectivity index (χ2v) is 4.47. The van der Waals surface area contributed by atoms with E-state index in [4.69, 9.17) is 9.26 Å². The second-order valence-electron chi connectivity index (χ2n) is 4.47. The summed E-state index contributed by atoms with van der Waals surface area (Å²) in [7, 11) is 0. The highest BCUT2D eigenvalue weighted by Crippen LogP contribution is 2.22. The van der Waals surface area contributed by atoms with Crippen LogP contribution in [0.5, 0.6) is 11.5 Å². The quantitative estimate of drug-likeness (QED) is 0.793. The van der Waals surface area contributed by atoms with Gasteiger partial charge in [-0.15, -0.1) is 0 Å². The summed E-state index contributed by atoms with van der Waals surface area (Å²) in [6.07, 6.45) is 0. The monoisotopic (exact) mass is 285 g/mol. The lowest BCUT2D eigenvalue weighted by Crippen LogP contribution is -1.93. The number of hydrogen-bond acceptors (Lipinski definition) is 4. The van der Waals surface area contributed by atoms with Gasteiger partial charge in [-0.1, -0.05) is 5.16 Å². The molecule has 0 aliphatic rings. The van der Waals surface area contributed by atoms with Gasteiger partial charge in [0.15, 0.2) is 5.76 Å². The van der Waals surface area contributed by atoms with E-state index in [9.17, 15) is 9.50 Å². The maximum Gasteiger partial charge on any atom is 0.174 e. The van der Waals surface area contributed by atoms with E-state index in [1.54, 1.807) is 42.5 Å². The lowest BCUT2D eigenvalue weighted by molar-refractivity contribution is 0.249. The molecule has 0 aliphatic heterocycles. The molecular weight excluding hydrogens is 273 g/mol. The van der Waals surface area contributed by atoms with Crippen LogP contribution >= 0.6 is 0 Å². The summed E-state index contributed by atoms with van der Waals surface area (Å²) < 4.78 is 23.4. The third-order valence-electron chi connectivity index (χ3n) is 2.92. The van der Waals surface area contributed by atoms with E-state index >= 15 is 0 Å². The van der Waals surface area contributed by atoms with Crippen molar-refractivity contribution in [3.8, 4) is 22.8 Å². The molecule has 0 fully saturated rings. The molecule has 0 saturated carbocycles. The van der Waals surface area contributed by atoms with Gasteiger partial charge in [0, 0.05) is 11.6 Å². The minimum atomic E-state index is -0.309. The van der Waals surface area contributed by atoms with Gasteiger partial charge in [0.2, 0.25) is 0 Å². The topological polar surface area (TPSA) is 55.5 Å². The summed E-state index contributed by atoms with van der Waals surface area (Å²) >= 11 is 0. The van der Waals surface area contributed by atoms with Crippen LogP contribution in [-0.4, -0.2) is 10.3 Å². The Morgan fingerprint density at radius 2 is 1.76 bits per heavy atom. The molecular formula is C16H12FNO3. The Morgan fingerprint density at radius 1 is 1.05 bits per heavy atom. The molecule has 3 aromatic rings. The van der Waals surface area contributed by atoms with E-state index in [1.807, 2.05) is 0 Å². The van der Waals surface area contributed by atoms with E-state index in [0.29, 0.717) is 17.2 Å². The number of phenols is 1. The molecule has 5 heteroatoms. The first kappa shape index (κ1) is 13.2. The molecule has 0 radical (unpaired) electrons. The van der Waals surface area contributed by atoms with E-state index in [1.165, 1.54) is 12.1 Å². The normalized spacial score (nSPS) is 10.5. The molecule has 0 unspecified atom stereocenters. The van der Waals surface area contributed by atoms with E-state index in [2.05, 4.69) is 5.16 Å². The number of aromatic hydroxyl groups is 1. The van der Waals surface area contributed by atoms with Crippen molar-refractivity contribution < 1.29 is 18.8 Å². The van der Waals surface area contributed by atoms with Crippen molar-refractivity contribution in [1.82, 2.24) is 5.16 Å². The van der Waals surface area contributed by atoms with Gasteiger partial charge >= 0.3 is 0 Å². The van der Waals surface area contributed by atoms with Gasteiger partial charge in [0.25, 0.3) is 0 Å². The highest BCUT2D eigenvalue weighted by molar-refractivity contribution is 5.59. The molecule has 2 aromatic carbocycles. The Bertz CT molecular complexity index is 720. The Hall–Kier alpha value is -2.82. The van der Waals surface area contributed by atoms with Crippen molar-refractivity contribution in [1.29, 1.82) is 0 Å². The lowest BCUT2D eigenvalue weighted by atomic mass is 10.1. The number of nitrogens with zero attached hydrogens (tertiary/aromatic N) is 1. The van der Waals surface area contributed by atoms with Crippen molar-refractivity contribution in [2.75, 3.05) is 0 Å². The van der Waals surface area contributed by atoms with Gasteiger partial charge in [-0.25, -0.2) is 4.39 Å². The summed E-state index contributed by atoms with van der Waals surface area (Å²) in [5, 5.41) is 13.2. The minimum absolute atomic E-state index is 0.196. The van der Waals surface area contributed by atoms with Crippen molar-refractivity contribution >= 4 is 0 Å². The minimum Gasteiger partial charge on any atom is -0.508 e. The molecule has 0 atom stereocenters. The summed E-state index contributed by atoms with van der Waals surface area (Å²) in [6, 6.07) is 14.2. The molecule has 0 bridgehead atoms. The van der Waals surface area contributed by atoms with Gasteiger partial charge < -0.3 is 14.4 Å². The zero-order valence-electron chi connectivity index (χ0n) is 11.0. The molecule has 0 aliphatic carbocycles. The molecule has 106 valence electrons. The summed E-state index contributed by atoms with van der Waals surface area (Å²) in [5.74, 6) is 1.00. The smallest absolute Gasteiger partial charge is 0.174 e. The van der Waals surface area contributed by atoms with Gasteiger partial charge in [-0.05, 0) is 48.5 Å². The third-order valence-corrected chi connectivity index (χ3v) is 2.92. The van der Waals surface area contributed by atoms with Crippen molar-refractivity contribution in [2.45, 2.75) is 6.61 Å². The highest BCUT2D eigenvalue weighted by Gasteiger charge is 2.07. The number of aromatic nitrogens is 1. The molecule has 4 nitrogen and oxygen atoms in total. The van der Waals surface area contributed by atoms with Crippen molar-refractivity contribution in [2.24, 2.45) is 0 Å². The molecule has 1 N–H and O–H groups in total. The van der Waals surface area contributed by atoms with Crippen LogP contribution in [0.25, 0.3) is 11.3 Å². The van der Waals surface area contributed by atoms with Gasteiger partial charge in [0.1, 0.15) is 29.6 Å². The number of phenolic OH excluding ortho intramolecular Hbond substituents is 1. The van der Waals surface area contributed by atoms with Crippen LogP contribution in [-0.2, 0) is 6.61 Å². The maximum absolute atomic E-state index is 12.8. The van der Waals surface area contributed by atoms with Crippen LogP contribution < -0.4 is 4.74 Å². The standard InChI is InChI=1S/C16H12FNO3/c17-12-3-7-14(8-4-12)20-10-15-9-16(18-21-15)11-1-5-13(19)6-2-11/h1-9,19H,10H2. The first-order valence-corrected chi connectivity index (χ1v) is 6.34. The predicted octanol–water partition coefficient (Wildman–Crippen LogP) is 3.77. The van der Waals surface area contributed by atoms with Crippen molar-refractivity contribution in [3.63, 3.8) is 0 Å². The highest BCUT2D eigenvalue weighted by atomic mass is 19.1. The van der Waals surface area contributed by atoms with Gasteiger partial charge in [0.05, 0.1) is 0 Å².